The zero-order valence-electron chi connectivity index (χ0n) is 17.7. The van der Waals surface area contributed by atoms with Gasteiger partial charge in [0.15, 0.2) is 11.6 Å². The molecule has 2 aromatic heterocycles. The summed E-state index contributed by atoms with van der Waals surface area (Å²) < 4.78 is 27.1. The second-order valence-electron chi connectivity index (χ2n) is 7.43. The molecule has 0 saturated heterocycles. The minimum absolute atomic E-state index is 0.0451. The molecule has 2 heterocycles. The van der Waals surface area contributed by atoms with E-state index in [0.29, 0.717) is 35.5 Å². The van der Waals surface area contributed by atoms with E-state index in [9.17, 15) is 9.18 Å². The lowest BCUT2D eigenvalue weighted by Crippen LogP contribution is -2.15. The highest BCUT2D eigenvalue weighted by Gasteiger charge is 2.30. The lowest BCUT2D eigenvalue weighted by molar-refractivity contribution is -0.111. The number of methoxy groups -OCH3 is 2. The van der Waals surface area contributed by atoms with Gasteiger partial charge in [0, 0.05) is 24.4 Å². The first kappa shape index (κ1) is 20.6. The molecule has 1 aromatic carbocycles. The molecule has 3 aromatic rings. The van der Waals surface area contributed by atoms with Gasteiger partial charge in [-0.25, -0.2) is 4.39 Å². The van der Waals surface area contributed by atoms with Crippen LogP contribution in [-0.2, 0) is 24.7 Å². The predicted molar refractivity (Wildman–Crippen MR) is 114 cm³/mol. The molecule has 31 heavy (non-hydrogen) atoms. The topological polar surface area (TPSA) is 94.1 Å². The summed E-state index contributed by atoms with van der Waals surface area (Å²) in [4.78, 5) is 11.8. The van der Waals surface area contributed by atoms with E-state index in [1.807, 2.05) is 0 Å². The van der Waals surface area contributed by atoms with Gasteiger partial charge in [-0.05, 0) is 42.9 Å². The van der Waals surface area contributed by atoms with Gasteiger partial charge >= 0.3 is 0 Å². The van der Waals surface area contributed by atoms with E-state index in [4.69, 9.17) is 9.47 Å². The highest BCUT2D eigenvalue weighted by molar-refractivity contribution is 6.01. The van der Waals surface area contributed by atoms with Gasteiger partial charge in [0.25, 0.3) is 0 Å². The van der Waals surface area contributed by atoms with Crippen LogP contribution in [0, 0.1) is 5.82 Å². The number of benzene rings is 1. The Morgan fingerprint density at radius 1 is 1.39 bits per heavy atom. The Balaban J connectivity index is 1.67. The lowest BCUT2D eigenvalue weighted by atomic mass is 9.81. The van der Waals surface area contributed by atoms with Crippen LogP contribution in [-0.4, -0.2) is 40.1 Å². The quantitative estimate of drug-likeness (QED) is 0.591. The summed E-state index contributed by atoms with van der Waals surface area (Å²) in [6, 6.07) is 3.28. The summed E-state index contributed by atoms with van der Waals surface area (Å²) in [6.07, 6.45) is 4.82. The van der Waals surface area contributed by atoms with Crippen molar-refractivity contribution in [1.29, 1.82) is 0 Å². The number of carbonyl (C=O) groups excluding carboxylic acids is 1. The maximum atomic E-state index is 15.0. The minimum atomic E-state index is -0.363. The molecule has 9 heteroatoms. The van der Waals surface area contributed by atoms with Crippen molar-refractivity contribution in [3.05, 3.63) is 53.6 Å². The Morgan fingerprint density at radius 2 is 2.19 bits per heavy atom. The molecule has 1 aliphatic carbocycles. The van der Waals surface area contributed by atoms with Crippen LogP contribution < -0.4 is 14.8 Å². The average molecular weight is 425 g/mol. The van der Waals surface area contributed by atoms with Crippen molar-refractivity contribution in [2.24, 2.45) is 7.05 Å². The number of halogens is 1. The van der Waals surface area contributed by atoms with Crippen molar-refractivity contribution in [3.63, 3.8) is 0 Å². The summed E-state index contributed by atoms with van der Waals surface area (Å²) in [5, 5.41) is 14.6. The number of hydrogen-bond donors (Lipinski definition) is 2. The van der Waals surface area contributed by atoms with Gasteiger partial charge in [0.2, 0.25) is 5.91 Å². The van der Waals surface area contributed by atoms with Crippen molar-refractivity contribution in [2.45, 2.75) is 25.2 Å². The number of anilines is 1. The number of aromatic amines is 1. The Bertz CT molecular complexity index is 1150. The molecule has 0 radical (unpaired) electrons. The number of rotatable bonds is 6. The summed E-state index contributed by atoms with van der Waals surface area (Å²) in [5.41, 5.74) is 4.56. The fourth-order valence-electron chi connectivity index (χ4n) is 4.12. The van der Waals surface area contributed by atoms with E-state index in [1.165, 1.54) is 13.2 Å². The van der Waals surface area contributed by atoms with E-state index in [2.05, 4.69) is 27.2 Å². The maximum Gasteiger partial charge on any atom is 0.247 e. The van der Waals surface area contributed by atoms with Crippen LogP contribution >= 0.6 is 0 Å². The molecule has 1 aliphatic rings. The second-order valence-corrected chi connectivity index (χ2v) is 7.43. The Kier molecular flexibility index (Phi) is 5.50. The minimum Gasteiger partial charge on any atom is -0.497 e. The van der Waals surface area contributed by atoms with E-state index >= 15 is 0 Å². The Hall–Kier alpha value is -3.62. The monoisotopic (exact) mass is 425 g/mol. The smallest absolute Gasteiger partial charge is 0.247 e. The molecule has 0 saturated carbocycles. The van der Waals surface area contributed by atoms with Crippen molar-refractivity contribution in [1.82, 2.24) is 20.0 Å². The number of amides is 1. The van der Waals surface area contributed by atoms with Crippen LogP contribution in [0.1, 0.15) is 29.2 Å². The zero-order chi connectivity index (χ0) is 22.1. The van der Waals surface area contributed by atoms with Crippen LogP contribution in [0.25, 0.3) is 11.4 Å². The summed E-state index contributed by atoms with van der Waals surface area (Å²) in [7, 11) is 4.79. The fourth-order valence-corrected chi connectivity index (χ4v) is 4.12. The molecule has 0 bridgehead atoms. The molecule has 4 rings (SSSR count). The van der Waals surface area contributed by atoms with Crippen LogP contribution in [0.3, 0.4) is 0 Å². The molecule has 1 amide bonds. The third-order valence-corrected chi connectivity index (χ3v) is 5.69. The van der Waals surface area contributed by atoms with Crippen LogP contribution in [0.5, 0.6) is 11.5 Å². The molecule has 0 aliphatic heterocycles. The van der Waals surface area contributed by atoms with Gasteiger partial charge < -0.3 is 14.8 Å². The fraction of sp³-hybridized carbons (Fsp3) is 0.318. The van der Waals surface area contributed by atoms with Gasteiger partial charge in [0.05, 0.1) is 26.1 Å². The van der Waals surface area contributed by atoms with Crippen molar-refractivity contribution < 1.29 is 18.7 Å². The van der Waals surface area contributed by atoms with Crippen LogP contribution in [0.15, 0.2) is 31.0 Å². The first-order valence-corrected chi connectivity index (χ1v) is 9.90. The highest BCUT2D eigenvalue weighted by atomic mass is 19.1. The second kappa shape index (κ2) is 8.25. The van der Waals surface area contributed by atoms with Crippen LogP contribution in [0.4, 0.5) is 10.1 Å². The van der Waals surface area contributed by atoms with Crippen molar-refractivity contribution >= 4 is 11.6 Å². The van der Waals surface area contributed by atoms with E-state index in [0.717, 1.165) is 23.4 Å². The van der Waals surface area contributed by atoms with Gasteiger partial charge in [-0.2, -0.15) is 10.2 Å². The number of fused-ring (bicyclic) bond motifs is 1. The van der Waals surface area contributed by atoms with Crippen molar-refractivity contribution in [2.75, 3.05) is 19.5 Å². The number of nitrogens with one attached hydrogen (secondary N) is 2. The molecule has 8 nitrogen and oxygen atoms in total. The van der Waals surface area contributed by atoms with E-state index in [1.54, 1.807) is 37.2 Å². The number of aromatic nitrogens is 4. The maximum absolute atomic E-state index is 15.0. The third kappa shape index (κ3) is 3.67. The molecule has 162 valence electrons. The normalized spacial score (nSPS) is 15.3. The number of hydrogen-bond acceptors (Lipinski definition) is 5. The predicted octanol–water partition coefficient (Wildman–Crippen LogP) is 3.36. The molecule has 2 N–H and O–H groups in total. The molecule has 0 spiro atoms. The molecule has 0 fully saturated rings. The molecule has 0 unspecified atom stereocenters. The first-order valence-electron chi connectivity index (χ1n) is 9.90. The average Bonchev–Trinajstić information content (AvgIpc) is 3.35. The van der Waals surface area contributed by atoms with Crippen LogP contribution in [0.2, 0.25) is 0 Å². The molecular formula is C22H24FN5O3. The highest BCUT2D eigenvalue weighted by Crippen LogP contribution is 2.41. The molecular weight excluding hydrogens is 401 g/mol. The first-order chi connectivity index (χ1) is 15.0. The van der Waals surface area contributed by atoms with Gasteiger partial charge in [-0.1, -0.05) is 6.58 Å². The standard InChI is InChI=1S/C22H24FN5O3/c1-5-19(29)25-17-11-24-28(2)22(17)21-14-7-6-12(8-16(14)26-27-21)15-9-13(30-3)10-18(31-4)20(15)23/h5,9-12H,1,6-8H2,2-4H3,(H,25,29)(H,26,27)/t12-/m0/s1. The van der Waals surface area contributed by atoms with Gasteiger partial charge in [-0.15, -0.1) is 0 Å². The summed E-state index contributed by atoms with van der Waals surface area (Å²) in [6.45, 7) is 3.49. The number of H-pyrrole nitrogens is 1. The summed E-state index contributed by atoms with van der Waals surface area (Å²) in [5.74, 6) is -0.000227. The van der Waals surface area contributed by atoms with Crippen molar-refractivity contribution in [3.8, 4) is 22.9 Å². The molecule has 1 atom stereocenters. The number of aryl methyl sites for hydroxylation is 1. The Morgan fingerprint density at radius 3 is 2.90 bits per heavy atom. The summed E-state index contributed by atoms with van der Waals surface area (Å²) >= 11 is 0. The lowest BCUT2D eigenvalue weighted by Gasteiger charge is -2.24. The largest absolute Gasteiger partial charge is 0.497 e. The zero-order valence-corrected chi connectivity index (χ0v) is 17.7. The Labute approximate surface area is 179 Å². The SMILES string of the molecule is C=CC(=O)Nc1cnn(C)c1-c1n[nH]c2c1CC[C@H](c1cc(OC)cc(OC)c1F)C2. The number of ether oxygens (including phenoxy) is 2. The van der Waals surface area contributed by atoms with Gasteiger partial charge in [0.1, 0.15) is 17.1 Å². The number of carbonyl (C=O) groups is 1. The van der Waals surface area contributed by atoms with E-state index in [-0.39, 0.29) is 23.4 Å². The van der Waals surface area contributed by atoms with Gasteiger partial charge in [-0.3, -0.25) is 14.6 Å². The third-order valence-electron chi connectivity index (χ3n) is 5.69. The van der Waals surface area contributed by atoms with E-state index < -0.39 is 0 Å². The number of nitrogens with zero attached hydrogens (tertiary/aromatic N) is 3.